The predicted octanol–water partition coefficient (Wildman–Crippen LogP) is 3.93. The van der Waals surface area contributed by atoms with E-state index in [0.29, 0.717) is 11.4 Å². The fraction of sp³-hybridized carbons (Fsp3) is 0.400. The first-order chi connectivity index (χ1) is 11.8. The Morgan fingerprint density at radius 3 is 2.46 bits per heavy atom. The average molecular weight is 322 g/mol. The van der Waals surface area contributed by atoms with E-state index >= 15 is 0 Å². The lowest BCUT2D eigenvalue weighted by atomic mass is 9.93. The lowest BCUT2D eigenvalue weighted by molar-refractivity contribution is 0.0698. The first-order valence-electron chi connectivity index (χ1n) is 8.85. The molecule has 2 aromatic rings. The highest BCUT2D eigenvalue weighted by molar-refractivity contribution is 6.02. The van der Waals surface area contributed by atoms with Crippen molar-refractivity contribution in [3.8, 4) is 11.1 Å². The Balaban J connectivity index is 1.96. The number of aromatic nitrogens is 1. The summed E-state index contributed by atoms with van der Waals surface area (Å²) in [6.07, 6.45) is 6.38. The van der Waals surface area contributed by atoms with Crippen LogP contribution >= 0.6 is 0 Å². The molecule has 0 saturated carbocycles. The van der Waals surface area contributed by atoms with Crippen molar-refractivity contribution in [2.24, 2.45) is 0 Å². The minimum Gasteiger partial charge on any atom is -0.478 e. The average Bonchev–Trinajstić information content (AvgIpc) is 3.09. The predicted molar refractivity (Wildman–Crippen MR) is 94.7 cm³/mol. The van der Waals surface area contributed by atoms with Gasteiger partial charge >= 0.3 is 5.97 Å². The van der Waals surface area contributed by atoms with E-state index in [1.165, 1.54) is 6.42 Å². The van der Waals surface area contributed by atoms with E-state index in [-0.39, 0.29) is 0 Å². The maximum atomic E-state index is 12.2. The van der Waals surface area contributed by atoms with Crippen molar-refractivity contribution in [2.45, 2.75) is 38.5 Å². The van der Waals surface area contributed by atoms with Crippen LogP contribution in [0.15, 0.2) is 30.3 Å². The Bertz CT molecular complexity index is 765. The molecule has 1 aromatic carbocycles. The molecular weight excluding hydrogens is 300 g/mol. The van der Waals surface area contributed by atoms with Crippen LogP contribution in [-0.4, -0.2) is 29.1 Å². The van der Waals surface area contributed by atoms with Crippen LogP contribution in [0.1, 0.15) is 47.3 Å². The van der Waals surface area contributed by atoms with Crippen molar-refractivity contribution >= 4 is 11.8 Å². The molecule has 124 valence electrons. The normalized spacial score (nSPS) is 16.9. The summed E-state index contributed by atoms with van der Waals surface area (Å²) in [6.45, 7) is 1.81. The first-order valence-corrected chi connectivity index (χ1v) is 8.85. The summed E-state index contributed by atoms with van der Waals surface area (Å²) >= 11 is 0. The minimum atomic E-state index is -0.864. The summed E-state index contributed by atoms with van der Waals surface area (Å²) in [6, 6.07) is 9.95. The van der Waals surface area contributed by atoms with Crippen LogP contribution in [0.2, 0.25) is 0 Å². The van der Waals surface area contributed by atoms with Crippen LogP contribution in [0.3, 0.4) is 0 Å². The molecule has 0 spiro atoms. The van der Waals surface area contributed by atoms with E-state index in [1.807, 2.05) is 30.3 Å². The number of hydrogen-bond donors (Lipinski definition) is 1. The Morgan fingerprint density at radius 1 is 1.00 bits per heavy atom. The third-order valence-electron chi connectivity index (χ3n) is 5.14. The van der Waals surface area contributed by atoms with Crippen molar-refractivity contribution in [3.63, 3.8) is 0 Å². The Kier molecular flexibility index (Phi) is 3.97. The quantitative estimate of drug-likeness (QED) is 0.930. The smallest absolute Gasteiger partial charge is 0.340 e. The molecule has 1 fully saturated rings. The van der Waals surface area contributed by atoms with Gasteiger partial charge in [-0.3, -0.25) is 0 Å². The van der Waals surface area contributed by atoms with Crippen molar-refractivity contribution in [1.82, 2.24) is 4.98 Å². The molecule has 2 heterocycles. The van der Waals surface area contributed by atoms with Gasteiger partial charge < -0.3 is 10.0 Å². The van der Waals surface area contributed by atoms with E-state index in [0.717, 1.165) is 67.6 Å². The largest absolute Gasteiger partial charge is 0.478 e. The molecule has 4 rings (SSSR count). The number of carbonyl (C=O) groups is 1. The van der Waals surface area contributed by atoms with Gasteiger partial charge in [-0.2, -0.15) is 0 Å². The van der Waals surface area contributed by atoms with Gasteiger partial charge in [0, 0.05) is 24.3 Å². The van der Waals surface area contributed by atoms with Gasteiger partial charge in [-0.05, 0) is 49.7 Å². The van der Waals surface area contributed by atoms with Gasteiger partial charge in [-0.25, -0.2) is 9.78 Å². The fourth-order valence-corrected chi connectivity index (χ4v) is 4.03. The molecule has 1 saturated heterocycles. The monoisotopic (exact) mass is 322 g/mol. The highest BCUT2D eigenvalue weighted by Gasteiger charge is 2.30. The van der Waals surface area contributed by atoms with E-state index in [1.54, 1.807) is 0 Å². The molecule has 0 bridgehead atoms. The van der Waals surface area contributed by atoms with Gasteiger partial charge in [-0.15, -0.1) is 0 Å². The number of aryl methyl sites for hydroxylation is 1. The van der Waals surface area contributed by atoms with Gasteiger partial charge in [0.1, 0.15) is 11.4 Å². The zero-order chi connectivity index (χ0) is 16.5. The lowest BCUT2D eigenvalue weighted by Crippen LogP contribution is -2.32. The van der Waals surface area contributed by atoms with E-state index in [2.05, 4.69) is 4.90 Å². The van der Waals surface area contributed by atoms with Crippen LogP contribution in [0.5, 0.6) is 0 Å². The van der Waals surface area contributed by atoms with Gasteiger partial charge in [0.2, 0.25) is 0 Å². The molecule has 1 N–H and O–H groups in total. The fourth-order valence-electron chi connectivity index (χ4n) is 4.03. The second kappa shape index (κ2) is 6.27. The second-order valence-corrected chi connectivity index (χ2v) is 6.68. The van der Waals surface area contributed by atoms with Gasteiger partial charge in [0.15, 0.2) is 0 Å². The van der Waals surface area contributed by atoms with Crippen molar-refractivity contribution in [2.75, 3.05) is 18.0 Å². The number of fused-ring (bicyclic) bond motifs is 1. The molecule has 0 unspecified atom stereocenters. The second-order valence-electron chi connectivity index (χ2n) is 6.68. The number of carboxylic acids is 1. The summed E-state index contributed by atoms with van der Waals surface area (Å²) in [5.41, 5.74) is 4.52. The number of hydrogen-bond acceptors (Lipinski definition) is 3. The van der Waals surface area contributed by atoms with Gasteiger partial charge in [0.05, 0.1) is 0 Å². The maximum absolute atomic E-state index is 12.2. The number of benzene rings is 1. The summed E-state index contributed by atoms with van der Waals surface area (Å²) in [5.74, 6) is -0.182. The van der Waals surface area contributed by atoms with Gasteiger partial charge in [-0.1, -0.05) is 30.3 Å². The summed E-state index contributed by atoms with van der Waals surface area (Å²) in [5, 5.41) is 10.0. The molecule has 2 aliphatic rings. The summed E-state index contributed by atoms with van der Waals surface area (Å²) in [7, 11) is 0. The van der Waals surface area contributed by atoms with E-state index in [4.69, 9.17) is 4.98 Å². The number of piperidine rings is 1. The van der Waals surface area contributed by atoms with E-state index < -0.39 is 5.97 Å². The number of anilines is 1. The minimum absolute atomic E-state index is 0.392. The lowest BCUT2D eigenvalue weighted by Gasteiger charge is -2.30. The zero-order valence-electron chi connectivity index (χ0n) is 13.8. The molecule has 1 aliphatic heterocycles. The van der Waals surface area contributed by atoms with Crippen LogP contribution in [0.4, 0.5) is 5.82 Å². The van der Waals surface area contributed by atoms with Crippen molar-refractivity contribution < 1.29 is 9.90 Å². The standard InChI is InChI=1S/C20H22N2O2/c23-20(24)18-17(14-8-3-1-4-9-14)15-10-7-11-16(15)21-19(18)22-12-5-2-6-13-22/h1,3-4,8-9H,2,5-7,10-13H2,(H,23,24). The SMILES string of the molecule is O=C(O)c1c(N2CCCCC2)nc2c(c1-c1ccccc1)CCC2. The summed E-state index contributed by atoms with van der Waals surface area (Å²) in [4.78, 5) is 19.2. The third kappa shape index (κ3) is 2.56. The Labute approximate surface area is 142 Å². The van der Waals surface area contributed by atoms with Gasteiger partial charge in [0.25, 0.3) is 0 Å². The molecule has 0 amide bonds. The molecule has 24 heavy (non-hydrogen) atoms. The summed E-state index contributed by atoms with van der Waals surface area (Å²) < 4.78 is 0. The van der Waals surface area contributed by atoms with E-state index in [9.17, 15) is 9.90 Å². The maximum Gasteiger partial charge on any atom is 0.340 e. The number of pyridine rings is 1. The number of nitrogens with zero attached hydrogens (tertiary/aromatic N) is 2. The molecule has 4 nitrogen and oxygen atoms in total. The topological polar surface area (TPSA) is 53.4 Å². The van der Waals surface area contributed by atoms with Crippen LogP contribution < -0.4 is 4.90 Å². The molecule has 1 aromatic heterocycles. The zero-order valence-corrected chi connectivity index (χ0v) is 13.8. The number of rotatable bonds is 3. The highest BCUT2D eigenvalue weighted by atomic mass is 16.4. The Morgan fingerprint density at radius 2 is 1.75 bits per heavy atom. The Hall–Kier alpha value is -2.36. The van der Waals surface area contributed by atoms with Crippen molar-refractivity contribution in [3.05, 3.63) is 47.2 Å². The van der Waals surface area contributed by atoms with Crippen molar-refractivity contribution in [1.29, 1.82) is 0 Å². The number of carboxylic acid groups (broad SMARTS) is 1. The molecule has 0 radical (unpaired) electrons. The number of aromatic carboxylic acids is 1. The molecule has 0 atom stereocenters. The molecular formula is C20H22N2O2. The molecule has 1 aliphatic carbocycles. The highest BCUT2D eigenvalue weighted by Crippen LogP contribution is 2.39. The first kappa shape index (κ1) is 15.2. The van der Waals surface area contributed by atoms with Crippen LogP contribution in [0.25, 0.3) is 11.1 Å². The van der Waals surface area contributed by atoms with Crippen LogP contribution in [-0.2, 0) is 12.8 Å². The van der Waals surface area contributed by atoms with Crippen LogP contribution in [0, 0.1) is 0 Å². The third-order valence-corrected chi connectivity index (χ3v) is 5.14. The molecule has 4 heteroatoms.